The molecule has 3 N–H and O–H groups in total. The largest absolute Gasteiger partial charge is 0.494 e. The highest BCUT2D eigenvalue weighted by Gasteiger charge is 2.27. The van der Waals surface area contributed by atoms with Crippen LogP contribution in [0.25, 0.3) is 0 Å². The molecule has 2 amide bonds. The summed E-state index contributed by atoms with van der Waals surface area (Å²) in [4.78, 5) is 26.4. The molecule has 29 heavy (non-hydrogen) atoms. The van der Waals surface area contributed by atoms with Gasteiger partial charge >= 0.3 is 0 Å². The SMILES string of the molecule is CC(C)(C)c1ccc(OCCCC(=O)N2CCCC(C(=O)NCCN)C2)cc1.Cl. The Morgan fingerprint density at radius 2 is 1.93 bits per heavy atom. The van der Waals surface area contributed by atoms with Gasteiger partial charge in [0, 0.05) is 32.6 Å². The lowest BCUT2D eigenvalue weighted by molar-refractivity contribution is -0.135. The molecule has 0 spiro atoms. The molecule has 2 rings (SSSR count). The Labute approximate surface area is 181 Å². The van der Waals surface area contributed by atoms with Crippen molar-refractivity contribution in [1.82, 2.24) is 10.2 Å². The van der Waals surface area contributed by atoms with Gasteiger partial charge in [-0.1, -0.05) is 32.9 Å². The fourth-order valence-electron chi connectivity index (χ4n) is 3.38. The molecule has 1 aliphatic heterocycles. The third-order valence-electron chi connectivity index (χ3n) is 5.11. The van der Waals surface area contributed by atoms with Crippen molar-refractivity contribution in [2.45, 2.75) is 51.9 Å². The summed E-state index contributed by atoms with van der Waals surface area (Å²) in [6.45, 7) is 9.20. The normalized spacial score (nSPS) is 16.7. The average molecular weight is 426 g/mol. The number of rotatable bonds is 8. The molecule has 0 bridgehead atoms. The Morgan fingerprint density at radius 3 is 2.55 bits per heavy atom. The number of hydrogen-bond donors (Lipinski definition) is 2. The van der Waals surface area contributed by atoms with Crippen molar-refractivity contribution in [1.29, 1.82) is 0 Å². The van der Waals surface area contributed by atoms with Gasteiger partial charge in [0.15, 0.2) is 0 Å². The average Bonchev–Trinajstić information content (AvgIpc) is 2.69. The van der Waals surface area contributed by atoms with E-state index in [1.54, 1.807) is 0 Å². The summed E-state index contributed by atoms with van der Waals surface area (Å²) in [5.41, 5.74) is 6.82. The predicted octanol–water partition coefficient (Wildman–Crippen LogP) is 2.88. The highest BCUT2D eigenvalue weighted by atomic mass is 35.5. The number of hydrogen-bond acceptors (Lipinski definition) is 4. The molecule has 1 aliphatic rings. The number of nitrogens with zero attached hydrogens (tertiary/aromatic N) is 1. The summed E-state index contributed by atoms with van der Waals surface area (Å²) in [5.74, 6) is 0.810. The zero-order valence-electron chi connectivity index (χ0n) is 17.9. The fourth-order valence-corrected chi connectivity index (χ4v) is 3.38. The first kappa shape index (κ1) is 25.2. The number of likely N-dealkylation sites (tertiary alicyclic amines) is 1. The highest BCUT2D eigenvalue weighted by Crippen LogP contribution is 2.24. The van der Waals surface area contributed by atoms with Gasteiger partial charge in [0.2, 0.25) is 11.8 Å². The Morgan fingerprint density at radius 1 is 1.24 bits per heavy atom. The molecule has 1 aromatic rings. The van der Waals surface area contributed by atoms with E-state index in [-0.39, 0.29) is 35.6 Å². The number of nitrogens with two attached hydrogens (primary N) is 1. The van der Waals surface area contributed by atoms with E-state index in [0.29, 0.717) is 39.1 Å². The molecule has 0 saturated carbocycles. The predicted molar refractivity (Wildman–Crippen MR) is 118 cm³/mol. The zero-order chi connectivity index (χ0) is 20.6. The lowest BCUT2D eigenvalue weighted by Gasteiger charge is -2.32. The summed E-state index contributed by atoms with van der Waals surface area (Å²) >= 11 is 0. The van der Waals surface area contributed by atoms with Gasteiger partial charge in [-0.25, -0.2) is 0 Å². The minimum Gasteiger partial charge on any atom is -0.494 e. The number of carbonyl (C=O) groups is 2. The number of carbonyl (C=O) groups excluding carboxylic acids is 2. The Balaban J connectivity index is 0.00000420. The van der Waals surface area contributed by atoms with Crippen LogP contribution in [0.1, 0.15) is 52.0 Å². The number of halogens is 1. The topological polar surface area (TPSA) is 84.7 Å². The smallest absolute Gasteiger partial charge is 0.224 e. The molecule has 7 heteroatoms. The van der Waals surface area contributed by atoms with E-state index < -0.39 is 0 Å². The van der Waals surface area contributed by atoms with E-state index in [4.69, 9.17) is 10.5 Å². The van der Waals surface area contributed by atoms with Crippen LogP contribution in [0.15, 0.2) is 24.3 Å². The van der Waals surface area contributed by atoms with E-state index in [9.17, 15) is 9.59 Å². The van der Waals surface area contributed by atoms with Gasteiger partial charge in [0.05, 0.1) is 12.5 Å². The van der Waals surface area contributed by atoms with Gasteiger partial charge in [-0.15, -0.1) is 12.4 Å². The second kappa shape index (κ2) is 12.0. The summed E-state index contributed by atoms with van der Waals surface area (Å²) in [5, 5.41) is 2.82. The van der Waals surface area contributed by atoms with Crippen LogP contribution in [0.3, 0.4) is 0 Å². The second-order valence-corrected chi connectivity index (χ2v) is 8.49. The van der Waals surface area contributed by atoms with Crippen molar-refractivity contribution in [3.05, 3.63) is 29.8 Å². The summed E-state index contributed by atoms with van der Waals surface area (Å²) in [6.07, 6.45) is 2.80. The second-order valence-electron chi connectivity index (χ2n) is 8.49. The lowest BCUT2D eigenvalue weighted by Crippen LogP contribution is -2.46. The molecular formula is C22H36ClN3O3. The minimum absolute atomic E-state index is 0. The first-order valence-corrected chi connectivity index (χ1v) is 10.3. The molecule has 1 aromatic carbocycles. The van der Waals surface area contributed by atoms with Crippen LogP contribution in [0.5, 0.6) is 5.75 Å². The maximum Gasteiger partial charge on any atom is 0.224 e. The molecule has 1 saturated heterocycles. The zero-order valence-corrected chi connectivity index (χ0v) is 18.7. The van der Waals surface area contributed by atoms with E-state index in [1.807, 2.05) is 17.0 Å². The molecule has 0 radical (unpaired) electrons. The number of nitrogens with one attached hydrogen (secondary N) is 1. The number of piperidine rings is 1. The van der Waals surface area contributed by atoms with Crippen molar-refractivity contribution in [3.8, 4) is 5.75 Å². The summed E-state index contributed by atoms with van der Waals surface area (Å²) in [6, 6.07) is 8.14. The van der Waals surface area contributed by atoms with Crippen LogP contribution >= 0.6 is 12.4 Å². The third kappa shape index (κ3) is 8.23. The standard InChI is InChI=1S/C22H35N3O3.ClH/c1-22(2,3)18-8-10-19(11-9-18)28-15-5-7-20(26)25-14-4-6-17(16-25)21(27)24-13-12-23;/h8-11,17H,4-7,12-16,23H2,1-3H3,(H,24,27);1H. The van der Waals surface area contributed by atoms with Gasteiger partial charge in [0.25, 0.3) is 0 Å². The molecule has 164 valence electrons. The van der Waals surface area contributed by atoms with Crippen molar-refractivity contribution in [2.24, 2.45) is 11.7 Å². The van der Waals surface area contributed by atoms with Gasteiger partial charge in [-0.3, -0.25) is 9.59 Å². The monoisotopic (exact) mass is 425 g/mol. The van der Waals surface area contributed by atoms with E-state index in [2.05, 4.69) is 38.2 Å². The molecule has 1 unspecified atom stereocenters. The van der Waals surface area contributed by atoms with Crippen LogP contribution in [-0.4, -0.2) is 49.5 Å². The van der Waals surface area contributed by atoms with Crippen LogP contribution in [0.2, 0.25) is 0 Å². The van der Waals surface area contributed by atoms with Crippen molar-refractivity contribution < 1.29 is 14.3 Å². The maximum atomic E-state index is 12.5. The maximum absolute atomic E-state index is 12.5. The minimum atomic E-state index is -0.123. The summed E-state index contributed by atoms with van der Waals surface area (Å²) < 4.78 is 5.77. The van der Waals surface area contributed by atoms with Crippen molar-refractivity contribution >= 4 is 24.2 Å². The van der Waals surface area contributed by atoms with E-state index in [0.717, 1.165) is 25.1 Å². The number of amides is 2. The molecule has 6 nitrogen and oxygen atoms in total. The molecule has 0 aromatic heterocycles. The highest BCUT2D eigenvalue weighted by molar-refractivity contribution is 5.85. The van der Waals surface area contributed by atoms with Crippen molar-refractivity contribution in [3.63, 3.8) is 0 Å². The van der Waals surface area contributed by atoms with Gasteiger partial charge in [-0.05, 0) is 42.4 Å². The van der Waals surface area contributed by atoms with Crippen LogP contribution in [0, 0.1) is 5.92 Å². The summed E-state index contributed by atoms with van der Waals surface area (Å²) in [7, 11) is 0. The van der Waals surface area contributed by atoms with Crippen LogP contribution in [0.4, 0.5) is 0 Å². The molecular weight excluding hydrogens is 390 g/mol. The molecule has 1 atom stereocenters. The van der Waals surface area contributed by atoms with Gasteiger partial charge in [-0.2, -0.15) is 0 Å². The number of ether oxygens (including phenoxy) is 1. The number of benzene rings is 1. The fraction of sp³-hybridized carbons (Fsp3) is 0.636. The van der Waals surface area contributed by atoms with Gasteiger partial charge in [0.1, 0.15) is 5.75 Å². The first-order chi connectivity index (χ1) is 13.3. The van der Waals surface area contributed by atoms with Crippen LogP contribution in [-0.2, 0) is 15.0 Å². The van der Waals surface area contributed by atoms with E-state index >= 15 is 0 Å². The first-order valence-electron chi connectivity index (χ1n) is 10.3. The Kier molecular flexibility index (Phi) is 10.5. The van der Waals surface area contributed by atoms with Crippen molar-refractivity contribution in [2.75, 3.05) is 32.8 Å². The van der Waals surface area contributed by atoms with Crippen LogP contribution < -0.4 is 15.8 Å². The Hall–Kier alpha value is -1.79. The quantitative estimate of drug-likeness (QED) is 0.627. The molecule has 0 aliphatic carbocycles. The van der Waals surface area contributed by atoms with Gasteiger partial charge < -0.3 is 20.7 Å². The third-order valence-corrected chi connectivity index (χ3v) is 5.11. The van der Waals surface area contributed by atoms with E-state index in [1.165, 1.54) is 5.56 Å². The molecule has 1 heterocycles. The molecule has 1 fully saturated rings. The Bertz CT molecular complexity index is 644. The lowest BCUT2D eigenvalue weighted by atomic mass is 9.87.